The molecule has 2 rings (SSSR count). The summed E-state index contributed by atoms with van der Waals surface area (Å²) in [6.07, 6.45) is 1.66. The molecule has 0 bridgehead atoms. The van der Waals surface area contributed by atoms with E-state index in [0.717, 1.165) is 18.1 Å². The Balaban J connectivity index is 2.63. The fourth-order valence-electron chi connectivity index (χ4n) is 4.08. The number of sulfone groups is 2. The summed E-state index contributed by atoms with van der Waals surface area (Å²) < 4.78 is 63.9. The standard InChI is InChI=1S/C22H35N2O6PS4/c1-17(2)24(18(3)4)31(29-14-10-13-23)30-21-20(19-11-8-7-9-12-19)32-33-22(21,15-34(5,25)26)16-35(6,27)28/h7-9,11-12,17-18,20-21H,10,14-16H2,1-6H3/t20-,21+,31?/m1/s1. The molecule has 0 saturated carbocycles. The largest absolute Gasteiger partial charge is 0.321 e. The highest BCUT2D eigenvalue weighted by Gasteiger charge is 2.56. The van der Waals surface area contributed by atoms with Crippen LogP contribution in [0.4, 0.5) is 0 Å². The molecular weight excluding hydrogens is 547 g/mol. The Kier molecular flexibility index (Phi) is 11.4. The van der Waals surface area contributed by atoms with Gasteiger partial charge < -0.3 is 9.05 Å². The van der Waals surface area contributed by atoms with Gasteiger partial charge in [0, 0.05) is 24.6 Å². The van der Waals surface area contributed by atoms with Crippen LogP contribution in [0.5, 0.6) is 0 Å². The van der Waals surface area contributed by atoms with Gasteiger partial charge in [0.2, 0.25) is 0 Å². The van der Waals surface area contributed by atoms with E-state index in [1.165, 1.54) is 21.6 Å². The average Bonchev–Trinajstić information content (AvgIpc) is 3.02. The van der Waals surface area contributed by atoms with Gasteiger partial charge in [0.25, 0.3) is 8.53 Å². The second-order valence-corrected chi connectivity index (χ2v) is 17.7. The zero-order valence-corrected chi connectivity index (χ0v) is 25.1. The average molecular weight is 583 g/mol. The van der Waals surface area contributed by atoms with E-state index in [1.54, 1.807) is 0 Å². The van der Waals surface area contributed by atoms with Crippen LogP contribution in [0, 0.1) is 11.3 Å². The van der Waals surface area contributed by atoms with Crippen LogP contribution in [-0.4, -0.2) is 75.1 Å². The third-order valence-corrected chi connectivity index (χ3v) is 13.3. The van der Waals surface area contributed by atoms with Crippen molar-refractivity contribution in [2.45, 2.75) is 62.3 Å². The summed E-state index contributed by atoms with van der Waals surface area (Å²) in [5.74, 6) is -0.688. The van der Waals surface area contributed by atoms with Crippen molar-refractivity contribution in [3.63, 3.8) is 0 Å². The topological polar surface area (TPSA) is 114 Å². The summed E-state index contributed by atoms with van der Waals surface area (Å²) in [6.45, 7) is 8.21. The van der Waals surface area contributed by atoms with Crippen LogP contribution in [0.15, 0.2) is 30.3 Å². The van der Waals surface area contributed by atoms with Crippen LogP contribution < -0.4 is 0 Å². The van der Waals surface area contributed by atoms with Gasteiger partial charge in [0.1, 0.15) is 19.7 Å². The van der Waals surface area contributed by atoms with Crippen molar-refractivity contribution in [2.75, 3.05) is 30.6 Å². The zero-order valence-electron chi connectivity index (χ0n) is 20.9. The van der Waals surface area contributed by atoms with Gasteiger partial charge in [0.15, 0.2) is 0 Å². The monoisotopic (exact) mass is 582 g/mol. The molecule has 1 fully saturated rings. The second kappa shape index (κ2) is 12.9. The number of hydrogen-bond donors (Lipinski definition) is 0. The summed E-state index contributed by atoms with van der Waals surface area (Å²) in [5.41, 5.74) is 0.923. The first-order valence-electron chi connectivity index (χ1n) is 11.2. The van der Waals surface area contributed by atoms with Crippen molar-refractivity contribution >= 4 is 49.8 Å². The summed E-state index contributed by atoms with van der Waals surface area (Å²) >= 11 is 0. The highest BCUT2D eigenvalue weighted by molar-refractivity contribution is 8.77. The number of rotatable bonds is 13. The van der Waals surface area contributed by atoms with E-state index < -0.39 is 39.1 Å². The van der Waals surface area contributed by atoms with Crippen molar-refractivity contribution < 1.29 is 25.9 Å². The lowest BCUT2D eigenvalue weighted by molar-refractivity contribution is 0.116. The SMILES string of the molecule is CC(C)N(C(C)C)P(OCCC#N)O[C@H]1[C@@H](c2ccccc2)SSC1(CS(C)(=O)=O)CS(C)(=O)=O. The molecule has 198 valence electrons. The number of benzene rings is 1. The maximum atomic E-state index is 12.6. The summed E-state index contributed by atoms with van der Waals surface area (Å²) in [6, 6.07) is 11.7. The minimum Gasteiger partial charge on any atom is -0.321 e. The highest BCUT2D eigenvalue weighted by Crippen LogP contribution is 2.64. The molecule has 1 aliphatic heterocycles. The van der Waals surface area contributed by atoms with Crippen LogP contribution in [0.25, 0.3) is 0 Å². The van der Waals surface area contributed by atoms with E-state index in [-0.39, 0.29) is 41.9 Å². The van der Waals surface area contributed by atoms with E-state index >= 15 is 0 Å². The van der Waals surface area contributed by atoms with Gasteiger partial charge in [-0.1, -0.05) is 51.9 Å². The van der Waals surface area contributed by atoms with Crippen molar-refractivity contribution in [1.29, 1.82) is 5.26 Å². The Morgan fingerprint density at radius 1 is 1.06 bits per heavy atom. The maximum Gasteiger partial charge on any atom is 0.259 e. The van der Waals surface area contributed by atoms with Gasteiger partial charge in [-0.15, -0.1) is 0 Å². The minimum absolute atomic E-state index is 0.0410. The lowest BCUT2D eigenvalue weighted by Crippen LogP contribution is -2.50. The van der Waals surface area contributed by atoms with Crippen LogP contribution in [0.1, 0.15) is 44.9 Å². The van der Waals surface area contributed by atoms with Crippen LogP contribution >= 0.6 is 30.1 Å². The predicted octanol–water partition coefficient (Wildman–Crippen LogP) is 4.61. The second-order valence-electron chi connectivity index (χ2n) is 9.29. The molecule has 0 aliphatic carbocycles. The van der Waals surface area contributed by atoms with Gasteiger partial charge in [0.05, 0.1) is 46.7 Å². The molecular formula is C22H35N2O6PS4. The first-order chi connectivity index (χ1) is 16.2. The molecule has 1 heterocycles. The van der Waals surface area contributed by atoms with E-state index in [4.69, 9.17) is 14.3 Å². The summed E-state index contributed by atoms with van der Waals surface area (Å²) in [5, 5.41) is 8.72. The first-order valence-corrected chi connectivity index (χ1v) is 18.7. The Morgan fingerprint density at radius 3 is 2.06 bits per heavy atom. The lowest BCUT2D eigenvalue weighted by Gasteiger charge is -2.41. The molecule has 8 nitrogen and oxygen atoms in total. The van der Waals surface area contributed by atoms with Crippen LogP contribution in [0.3, 0.4) is 0 Å². The third kappa shape index (κ3) is 9.15. The molecule has 0 radical (unpaired) electrons. The minimum atomic E-state index is -3.56. The molecule has 1 aromatic carbocycles. The van der Waals surface area contributed by atoms with Crippen LogP contribution in [0.2, 0.25) is 0 Å². The fraction of sp³-hybridized carbons (Fsp3) is 0.682. The third-order valence-electron chi connectivity index (χ3n) is 5.12. The quantitative estimate of drug-likeness (QED) is 0.186. The first kappa shape index (κ1) is 30.8. The normalized spacial score (nSPS) is 21.5. The van der Waals surface area contributed by atoms with Gasteiger partial charge in [-0.25, -0.2) is 21.5 Å². The van der Waals surface area contributed by atoms with E-state index in [1.807, 2.05) is 58.0 Å². The molecule has 1 aliphatic rings. The van der Waals surface area contributed by atoms with Gasteiger partial charge in [-0.3, -0.25) is 0 Å². The number of nitriles is 1. The van der Waals surface area contributed by atoms with Crippen molar-refractivity contribution in [3.05, 3.63) is 35.9 Å². The van der Waals surface area contributed by atoms with E-state index in [2.05, 4.69) is 10.7 Å². The molecule has 3 atom stereocenters. The Hall–Kier alpha value is -0.380. The fourth-order valence-corrected chi connectivity index (χ4v) is 14.2. The molecule has 1 unspecified atom stereocenters. The molecule has 1 aromatic rings. The highest BCUT2D eigenvalue weighted by atomic mass is 33.1. The zero-order chi connectivity index (χ0) is 26.4. The molecule has 35 heavy (non-hydrogen) atoms. The Morgan fingerprint density at radius 2 is 1.60 bits per heavy atom. The lowest BCUT2D eigenvalue weighted by atomic mass is 9.97. The van der Waals surface area contributed by atoms with Crippen molar-refractivity contribution in [3.8, 4) is 6.07 Å². The van der Waals surface area contributed by atoms with E-state index in [0.29, 0.717) is 0 Å². The molecule has 0 spiro atoms. The molecule has 13 heteroatoms. The Labute approximate surface area is 219 Å². The van der Waals surface area contributed by atoms with Crippen molar-refractivity contribution in [2.24, 2.45) is 0 Å². The maximum absolute atomic E-state index is 12.6. The smallest absolute Gasteiger partial charge is 0.259 e. The molecule has 0 aromatic heterocycles. The molecule has 1 saturated heterocycles. The van der Waals surface area contributed by atoms with Gasteiger partial charge in [-0.05, 0) is 33.3 Å². The van der Waals surface area contributed by atoms with E-state index in [9.17, 15) is 16.8 Å². The van der Waals surface area contributed by atoms with Crippen molar-refractivity contribution in [1.82, 2.24) is 4.67 Å². The van der Waals surface area contributed by atoms with Gasteiger partial charge in [-0.2, -0.15) is 5.26 Å². The van der Waals surface area contributed by atoms with Crippen LogP contribution in [-0.2, 0) is 28.7 Å². The molecule has 0 amide bonds. The summed E-state index contributed by atoms with van der Waals surface area (Å²) in [7, 11) is -6.12. The number of nitrogens with zero attached hydrogens (tertiary/aromatic N) is 2. The summed E-state index contributed by atoms with van der Waals surface area (Å²) in [4.78, 5) is 0. The predicted molar refractivity (Wildman–Crippen MR) is 147 cm³/mol. The Bertz CT molecular complexity index is 1030. The number of hydrogen-bond acceptors (Lipinski definition) is 10. The molecule has 0 N–H and O–H groups in total. The van der Waals surface area contributed by atoms with Gasteiger partial charge >= 0.3 is 0 Å².